The molecule has 0 saturated carbocycles. The van der Waals surface area contributed by atoms with E-state index in [4.69, 9.17) is 0 Å². The molecule has 0 spiro atoms. The molecule has 0 aliphatic carbocycles. The van der Waals surface area contributed by atoms with E-state index >= 15 is 0 Å². The average Bonchev–Trinajstić information content (AvgIpc) is 2.47. The number of sulfonamides is 1. The van der Waals surface area contributed by atoms with Crippen molar-refractivity contribution in [2.24, 2.45) is 5.92 Å². The van der Waals surface area contributed by atoms with Crippen LogP contribution >= 0.6 is 0 Å². The Labute approximate surface area is 126 Å². The number of piperidine rings is 1. The van der Waals surface area contributed by atoms with E-state index in [0.717, 1.165) is 19.3 Å². The largest absolute Gasteiger partial charge is 0.217 e. The first-order chi connectivity index (χ1) is 10.0. The van der Waals surface area contributed by atoms with Crippen molar-refractivity contribution in [3.8, 4) is 0 Å². The molecule has 1 aliphatic rings. The van der Waals surface area contributed by atoms with E-state index in [1.165, 1.54) is 12.1 Å². The maximum atomic E-state index is 13.6. The van der Waals surface area contributed by atoms with Gasteiger partial charge in [-0.25, -0.2) is 17.1 Å². The third-order valence-electron chi connectivity index (χ3n) is 3.98. The van der Waals surface area contributed by atoms with Crippen LogP contribution < -0.4 is 0 Å². The topological polar surface area (TPSA) is 37.4 Å². The summed E-state index contributed by atoms with van der Waals surface area (Å²) in [4.78, 5) is 0. The van der Waals surface area contributed by atoms with Gasteiger partial charge in [-0.1, -0.05) is 24.3 Å². The van der Waals surface area contributed by atoms with Crippen molar-refractivity contribution in [1.82, 2.24) is 4.31 Å². The first-order valence-corrected chi connectivity index (χ1v) is 8.96. The lowest BCUT2D eigenvalue weighted by molar-refractivity contribution is 0.256. The summed E-state index contributed by atoms with van der Waals surface area (Å²) in [5.41, 5.74) is 0.712. The van der Waals surface area contributed by atoms with Crippen LogP contribution in [0.15, 0.2) is 36.9 Å². The number of nitrogens with zero attached hydrogens (tertiary/aromatic N) is 1. The van der Waals surface area contributed by atoms with Gasteiger partial charge in [0, 0.05) is 13.1 Å². The first kappa shape index (κ1) is 16.2. The van der Waals surface area contributed by atoms with E-state index in [1.54, 1.807) is 16.4 Å². The Morgan fingerprint density at radius 1 is 1.38 bits per heavy atom. The van der Waals surface area contributed by atoms with Gasteiger partial charge in [-0.2, -0.15) is 0 Å². The van der Waals surface area contributed by atoms with Crippen LogP contribution in [0.5, 0.6) is 0 Å². The Morgan fingerprint density at radius 3 is 2.86 bits per heavy atom. The van der Waals surface area contributed by atoms with Crippen LogP contribution in [-0.2, 0) is 16.4 Å². The molecule has 1 aromatic carbocycles. The smallest absolute Gasteiger partial charge is 0.212 e. The Balaban J connectivity index is 1.93. The van der Waals surface area contributed by atoms with Gasteiger partial charge in [-0.05, 0) is 43.2 Å². The molecule has 5 heteroatoms. The molecular formula is C16H22FNO2S. The highest BCUT2D eigenvalue weighted by molar-refractivity contribution is 7.89. The third kappa shape index (κ3) is 4.38. The second kappa shape index (κ2) is 7.18. The van der Waals surface area contributed by atoms with Crippen molar-refractivity contribution in [2.45, 2.75) is 25.7 Å². The zero-order valence-electron chi connectivity index (χ0n) is 12.2. The predicted octanol–water partition coefficient (Wildman–Crippen LogP) is 2.99. The van der Waals surface area contributed by atoms with Gasteiger partial charge >= 0.3 is 0 Å². The average molecular weight is 311 g/mol. The van der Waals surface area contributed by atoms with Crippen LogP contribution in [-0.4, -0.2) is 31.6 Å². The minimum absolute atomic E-state index is 0.00691. The summed E-state index contributed by atoms with van der Waals surface area (Å²) in [6, 6.07) is 6.78. The van der Waals surface area contributed by atoms with Crippen LogP contribution in [0.2, 0.25) is 0 Å². The van der Waals surface area contributed by atoms with Gasteiger partial charge in [-0.15, -0.1) is 6.58 Å². The molecule has 0 aromatic heterocycles. The molecule has 116 valence electrons. The number of halogens is 1. The van der Waals surface area contributed by atoms with E-state index in [1.807, 2.05) is 6.07 Å². The summed E-state index contributed by atoms with van der Waals surface area (Å²) < 4.78 is 39.3. The molecule has 1 unspecified atom stereocenters. The summed E-state index contributed by atoms with van der Waals surface area (Å²) >= 11 is 0. The van der Waals surface area contributed by atoms with E-state index < -0.39 is 10.0 Å². The minimum Gasteiger partial charge on any atom is -0.212 e. The fourth-order valence-corrected chi connectivity index (χ4v) is 4.18. The molecule has 0 bridgehead atoms. The van der Waals surface area contributed by atoms with E-state index in [-0.39, 0.29) is 11.6 Å². The molecule has 1 fully saturated rings. The zero-order valence-corrected chi connectivity index (χ0v) is 13.0. The summed E-state index contributed by atoms with van der Waals surface area (Å²) in [5.74, 6) is 0.120. The minimum atomic E-state index is -3.22. The lowest BCUT2D eigenvalue weighted by Crippen LogP contribution is -2.40. The standard InChI is InChI=1S/C16H22FNO2S/c1-2-12-21(19,20)18-11-5-6-14(13-18)9-10-15-7-3-4-8-16(15)17/h2-4,7-8,14H,1,5-6,9-13H2. The second-order valence-electron chi connectivity index (χ2n) is 5.56. The number of rotatable bonds is 6. The first-order valence-electron chi connectivity index (χ1n) is 7.35. The molecule has 3 nitrogen and oxygen atoms in total. The van der Waals surface area contributed by atoms with Crippen LogP contribution in [0, 0.1) is 11.7 Å². The van der Waals surface area contributed by atoms with Crippen molar-refractivity contribution in [3.05, 3.63) is 48.3 Å². The lowest BCUT2D eigenvalue weighted by Gasteiger charge is -2.31. The summed E-state index contributed by atoms with van der Waals surface area (Å²) in [5, 5.41) is 0. The van der Waals surface area contributed by atoms with Gasteiger partial charge in [0.1, 0.15) is 5.82 Å². The van der Waals surface area contributed by atoms with Crippen molar-refractivity contribution in [3.63, 3.8) is 0 Å². The molecule has 0 amide bonds. The Morgan fingerprint density at radius 2 is 2.14 bits per heavy atom. The van der Waals surface area contributed by atoms with Gasteiger partial charge in [0.15, 0.2) is 0 Å². The maximum absolute atomic E-state index is 13.6. The van der Waals surface area contributed by atoms with Gasteiger partial charge in [0.05, 0.1) is 5.75 Å². The fraction of sp³-hybridized carbons (Fsp3) is 0.500. The third-order valence-corrected chi connectivity index (χ3v) is 5.76. The SMILES string of the molecule is C=CCS(=O)(=O)N1CCCC(CCc2ccccc2F)C1. The molecule has 1 atom stereocenters. The molecule has 2 rings (SSSR count). The molecule has 1 aliphatic heterocycles. The summed E-state index contributed by atoms with van der Waals surface area (Å²) in [6.45, 7) is 4.63. The van der Waals surface area contributed by atoms with Crippen molar-refractivity contribution in [2.75, 3.05) is 18.8 Å². The highest BCUT2D eigenvalue weighted by atomic mass is 32.2. The maximum Gasteiger partial charge on any atom is 0.217 e. The molecule has 1 heterocycles. The Bertz CT molecular complexity index is 586. The molecule has 0 radical (unpaired) electrons. The second-order valence-corrected chi connectivity index (χ2v) is 7.58. The normalized spacial score (nSPS) is 20.3. The van der Waals surface area contributed by atoms with Gasteiger partial charge < -0.3 is 0 Å². The fourth-order valence-electron chi connectivity index (χ4n) is 2.83. The number of hydrogen-bond acceptors (Lipinski definition) is 2. The monoisotopic (exact) mass is 311 g/mol. The van der Waals surface area contributed by atoms with Gasteiger partial charge in [0.25, 0.3) is 0 Å². The molecule has 1 aromatic rings. The predicted molar refractivity (Wildman–Crippen MR) is 83.0 cm³/mol. The van der Waals surface area contributed by atoms with Crippen molar-refractivity contribution >= 4 is 10.0 Å². The number of aryl methyl sites for hydroxylation is 1. The highest BCUT2D eigenvalue weighted by Gasteiger charge is 2.27. The lowest BCUT2D eigenvalue weighted by atomic mass is 9.92. The van der Waals surface area contributed by atoms with Gasteiger partial charge in [0.2, 0.25) is 10.0 Å². The highest BCUT2D eigenvalue weighted by Crippen LogP contribution is 2.24. The number of hydrogen-bond donors (Lipinski definition) is 0. The molecule has 21 heavy (non-hydrogen) atoms. The van der Waals surface area contributed by atoms with E-state index in [2.05, 4.69) is 6.58 Å². The quantitative estimate of drug-likeness (QED) is 0.757. The summed E-state index contributed by atoms with van der Waals surface area (Å²) in [6.07, 6.45) is 4.79. The Hall–Kier alpha value is -1.20. The Kier molecular flexibility index (Phi) is 5.53. The molecular weight excluding hydrogens is 289 g/mol. The number of benzene rings is 1. The molecule has 0 N–H and O–H groups in total. The van der Waals surface area contributed by atoms with Crippen LogP contribution in [0.3, 0.4) is 0 Å². The van der Waals surface area contributed by atoms with Crippen LogP contribution in [0.25, 0.3) is 0 Å². The summed E-state index contributed by atoms with van der Waals surface area (Å²) in [7, 11) is -3.22. The van der Waals surface area contributed by atoms with E-state index in [9.17, 15) is 12.8 Å². The van der Waals surface area contributed by atoms with Gasteiger partial charge in [-0.3, -0.25) is 0 Å². The van der Waals surface area contributed by atoms with E-state index in [0.29, 0.717) is 31.0 Å². The zero-order chi connectivity index (χ0) is 15.3. The van der Waals surface area contributed by atoms with Crippen molar-refractivity contribution in [1.29, 1.82) is 0 Å². The van der Waals surface area contributed by atoms with Crippen molar-refractivity contribution < 1.29 is 12.8 Å². The van der Waals surface area contributed by atoms with Crippen LogP contribution in [0.4, 0.5) is 4.39 Å². The van der Waals surface area contributed by atoms with Crippen LogP contribution in [0.1, 0.15) is 24.8 Å². The molecule has 1 saturated heterocycles.